The van der Waals surface area contributed by atoms with Crippen LogP contribution in [0.4, 0.5) is 0 Å². The summed E-state index contributed by atoms with van der Waals surface area (Å²) in [6.07, 6.45) is 1.96. The van der Waals surface area contributed by atoms with Gasteiger partial charge in [-0.25, -0.2) is 0 Å². The van der Waals surface area contributed by atoms with Crippen LogP contribution in [0.1, 0.15) is 51.4 Å². The standard InChI is InChI=1S/C24H22O/c1-17-15-22-20(16-25)13-8-14-21(22)24(19-11-6-3-7-12-19)23(17)18-9-4-2-5-10-18/h2-14,16-17,23-24H,15H2,1H3. The summed E-state index contributed by atoms with van der Waals surface area (Å²) in [6, 6.07) is 27.7. The number of carbonyl (C=O) groups is 1. The first-order valence-corrected chi connectivity index (χ1v) is 8.96. The van der Waals surface area contributed by atoms with Crippen LogP contribution in [0.25, 0.3) is 0 Å². The normalized spacial score (nSPS) is 22.2. The minimum Gasteiger partial charge on any atom is -0.298 e. The second kappa shape index (κ2) is 6.68. The molecule has 3 unspecified atom stereocenters. The maximum Gasteiger partial charge on any atom is 0.150 e. The van der Waals surface area contributed by atoms with E-state index in [2.05, 4.69) is 73.7 Å². The van der Waals surface area contributed by atoms with Crippen LogP contribution in [-0.4, -0.2) is 6.29 Å². The van der Waals surface area contributed by atoms with Crippen LogP contribution in [0.5, 0.6) is 0 Å². The van der Waals surface area contributed by atoms with E-state index >= 15 is 0 Å². The molecular weight excluding hydrogens is 304 g/mol. The van der Waals surface area contributed by atoms with Crippen LogP contribution < -0.4 is 0 Å². The lowest BCUT2D eigenvalue weighted by Crippen LogP contribution is -2.28. The van der Waals surface area contributed by atoms with Crippen LogP contribution >= 0.6 is 0 Å². The van der Waals surface area contributed by atoms with Crippen molar-refractivity contribution in [3.8, 4) is 0 Å². The van der Waals surface area contributed by atoms with E-state index in [-0.39, 0.29) is 5.92 Å². The molecule has 4 rings (SSSR count). The van der Waals surface area contributed by atoms with E-state index in [1.54, 1.807) is 0 Å². The van der Waals surface area contributed by atoms with E-state index in [9.17, 15) is 4.79 Å². The molecule has 0 saturated carbocycles. The molecule has 3 aromatic carbocycles. The van der Waals surface area contributed by atoms with Crippen molar-refractivity contribution in [1.82, 2.24) is 0 Å². The second-order valence-electron chi connectivity index (χ2n) is 7.04. The molecule has 3 atom stereocenters. The number of carbonyl (C=O) groups excluding carboxylic acids is 1. The Bertz CT molecular complexity index is 867. The average molecular weight is 326 g/mol. The van der Waals surface area contributed by atoms with Crippen LogP contribution in [0.15, 0.2) is 78.9 Å². The molecule has 0 radical (unpaired) electrons. The van der Waals surface area contributed by atoms with Crippen LogP contribution in [0, 0.1) is 5.92 Å². The molecule has 25 heavy (non-hydrogen) atoms. The molecule has 0 amide bonds. The fourth-order valence-corrected chi connectivity index (χ4v) is 4.48. The zero-order valence-corrected chi connectivity index (χ0v) is 14.4. The molecule has 1 nitrogen and oxygen atoms in total. The summed E-state index contributed by atoms with van der Waals surface area (Å²) in [6.45, 7) is 2.32. The van der Waals surface area contributed by atoms with Crippen LogP contribution in [0.2, 0.25) is 0 Å². The molecular formula is C24H22O. The van der Waals surface area contributed by atoms with Crippen molar-refractivity contribution in [2.45, 2.75) is 25.2 Å². The average Bonchev–Trinajstić information content (AvgIpc) is 2.68. The van der Waals surface area contributed by atoms with Crippen molar-refractivity contribution in [2.24, 2.45) is 5.92 Å². The molecule has 0 bridgehead atoms. The molecule has 1 heteroatoms. The summed E-state index contributed by atoms with van der Waals surface area (Å²) in [5.41, 5.74) is 6.09. The second-order valence-corrected chi connectivity index (χ2v) is 7.04. The van der Waals surface area contributed by atoms with Gasteiger partial charge in [0.15, 0.2) is 0 Å². The van der Waals surface area contributed by atoms with E-state index in [0.717, 1.165) is 18.3 Å². The third-order valence-corrected chi connectivity index (χ3v) is 5.55. The van der Waals surface area contributed by atoms with Crippen molar-refractivity contribution in [2.75, 3.05) is 0 Å². The van der Waals surface area contributed by atoms with E-state index in [0.29, 0.717) is 11.8 Å². The number of fused-ring (bicyclic) bond motifs is 1. The lowest BCUT2D eigenvalue weighted by Gasteiger charge is -2.39. The first-order valence-electron chi connectivity index (χ1n) is 8.96. The molecule has 3 aromatic rings. The molecule has 0 aliphatic heterocycles. The highest BCUT2D eigenvalue weighted by atomic mass is 16.1. The highest BCUT2D eigenvalue weighted by molar-refractivity contribution is 5.78. The van der Waals surface area contributed by atoms with Gasteiger partial charge >= 0.3 is 0 Å². The fourth-order valence-electron chi connectivity index (χ4n) is 4.48. The van der Waals surface area contributed by atoms with Crippen molar-refractivity contribution >= 4 is 6.29 Å². The van der Waals surface area contributed by atoms with Crippen LogP contribution in [-0.2, 0) is 6.42 Å². The Morgan fingerprint density at radius 3 is 2.08 bits per heavy atom. The maximum atomic E-state index is 11.6. The zero-order chi connectivity index (χ0) is 17.2. The van der Waals surface area contributed by atoms with Crippen molar-refractivity contribution in [3.05, 3.63) is 107 Å². The topological polar surface area (TPSA) is 17.1 Å². The van der Waals surface area contributed by atoms with Gasteiger partial charge in [0.05, 0.1) is 0 Å². The lowest BCUT2D eigenvalue weighted by molar-refractivity contribution is 0.112. The summed E-state index contributed by atoms with van der Waals surface area (Å²) in [4.78, 5) is 11.6. The molecule has 0 N–H and O–H groups in total. The summed E-state index contributed by atoms with van der Waals surface area (Å²) in [5, 5.41) is 0. The highest BCUT2D eigenvalue weighted by Gasteiger charge is 2.37. The van der Waals surface area contributed by atoms with Gasteiger partial charge in [-0.3, -0.25) is 4.79 Å². The molecule has 1 aliphatic carbocycles. The largest absolute Gasteiger partial charge is 0.298 e. The zero-order valence-electron chi connectivity index (χ0n) is 14.4. The minimum atomic E-state index is 0.280. The number of hydrogen-bond donors (Lipinski definition) is 0. The molecule has 0 spiro atoms. The Kier molecular flexibility index (Phi) is 4.23. The number of rotatable bonds is 3. The van der Waals surface area contributed by atoms with Gasteiger partial charge in [0.2, 0.25) is 0 Å². The Morgan fingerprint density at radius 1 is 0.800 bits per heavy atom. The van der Waals surface area contributed by atoms with E-state index < -0.39 is 0 Å². The molecule has 0 fully saturated rings. The van der Waals surface area contributed by atoms with Gasteiger partial charge in [-0.2, -0.15) is 0 Å². The summed E-state index contributed by atoms with van der Waals surface area (Å²) in [5.74, 6) is 1.17. The summed E-state index contributed by atoms with van der Waals surface area (Å²) >= 11 is 0. The van der Waals surface area contributed by atoms with Gasteiger partial charge in [-0.05, 0) is 40.5 Å². The van der Waals surface area contributed by atoms with Gasteiger partial charge in [-0.15, -0.1) is 0 Å². The minimum absolute atomic E-state index is 0.280. The van der Waals surface area contributed by atoms with Gasteiger partial charge in [0, 0.05) is 11.5 Å². The smallest absolute Gasteiger partial charge is 0.150 e. The Hall–Kier alpha value is -2.67. The summed E-state index contributed by atoms with van der Waals surface area (Å²) in [7, 11) is 0. The van der Waals surface area contributed by atoms with Crippen molar-refractivity contribution in [3.63, 3.8) is 0 Å². The van der Waals surface area contributed by atoms with Gasteiger partial charge < -0.3 is 0 Å². The molecule has 0 saturated heterocycles. The first-order chi connectivity index (χ1) is 12.3. The van der Waals surface area contributed by atoms with Gasteiger partial charge in [0.25, 0.3) is 0 Å². The maximum absolute atomic E-state index is 11.6. The van der Waals surface area contributed by atoms with Gasteiger partial charge in [0.1, 0.15) is 6.29 Å². The third kappa shape index (κ3) is 2.80. The highest BCUT2D eigenvalue weighted by Crippen LogP contribution is 2.49. The van der Waals surface area contributed by atoms with E-state index in [4.69, 9.17) is 0 Å². The Balaban J connectivity index is 1.94. The lowest BCUT2D eigenvalue weighted by atomic mass is 9.64. The monoisotopic (exact) mass is 326 g/mol. The van der Waals surface area contributed by atoms with Gasteiger partial charge in [-0.1, -0.05) is 85.8 Å². The third-order valence-electron chi connectivity index (χ3n) is 5.55. The number of benzene rings is 3. The summed E-state index contributed by atoms with van der Waals surface area (Å²) < 4.78 is 0. The molecule has 124 valence electrons. The van der Waals surface area contributed by atoms with E-state index in [1.165, 1.54) is 22.3 Å². The van der Waals surface area contributed by atoms with E-state index in [1.807, 2.05) is 12.1 Å². The quantitative estimate of drug-likeness (QED) is 0.572. The fraction of sp³-hybridized carbons (Fsp3) is 0.208. The van der Waals surface area contributed by atoms with Crippen LogP contribution in [0.3, 0.4) is 0 Å². The molecule has 1 aliphatic rings. The SMILES string of the molecule is CC1Cc2c(C=O)cccc2C(c2ccccc2)C1c1ccccc1. The first kappa shape index (κ1) is 15.8. The van der Waals surface area contributed by atoms with Crippen molar-refractivity contribution < 1.29 is 4.79 Å². The predicted octanol–water partition coefficient (Wildman–Crippen LogP) is 5.61. The Morgan fingerprint density at radius 2 is 1.44 bits per heavy atom. The Labute approximate surface area is 149 Å². The molecule has 0 heterocycles. The number of aldehydes is 1. The predicted molar refractivity (Wildman–Crippen MR) is 102 cm³/mol. The number of hydrogen-bond acceptors (Lipinski definition) is 1. The van der Waals surface area contributed by atoms with Crippen molar-refractivity contribution in [1.29, 1.82) is 0 Å². The molecule has 0 aromatic heterocycles.